The Kier molecular flexibility index (Phi) is 4.49. The van der Waals surface area contributed by atoms with Crippen molar-refractivity contribution in [3.63, 3.8) is 0 Å². The van der Waals surface area contributed by atoms with E-state index in [-0.39, 0.29) is 0 Å². The average molecular weight is 257 g/mol. The number of hydrogen-bond donors (Lipinski definition) is 1. The molecule has 0 fully saturated rings. The summed E-state index contributed by atoms with van der Waals surface area (Å²) in [7, 11) is 3.82. The first-order chi connectivity index (χ1) is 7.91. The summed E-state index contributed by atoms with van der Waals surface area (Å²) in [6.45, 7) is 1.97. The normalized spacial score (nSPS) is 11.8. The SMILES string of the molecule is Cc1nc(-c2cnnn2C)cn1C.NS(=O)[O-]. The van der Waals surface area contributed by atoms with Crippen molar-refractivity contribution in [1.82, 2.24) is 24.5 Å². The first-order valence-corrected chi connectivity index (χ1v) is 5.74. The van der Waals surface area contributed by atoms with E-state index < -0.39 is 11.3 Å². The van der Waals surface area contributed by atoms with Crippen LogP contribution in [-0.2, 0) is 25.4 Å². The molecule has 17 heavy (non-hydrogen) atoms. The van der Waals surface area contributed by atoms with Crippen molar-refractivity contribution in [2.45, 2.75) is 6.92 Å². The van der Waals surface area contributed by atoms with E-state index in [9.17, 15) is 0 Å². The summed E-state index contributed by atoms with van der Waals surface area (Å²) in [5.74, 6) is 0.983. The van der Waals surface area contributed by atoms with Crippen LogP contribution >= 0.6 is 0 Å². The van der Waals surface area contributed by atoms with E-state index in [4.69, 9.17) is 8.76 Å². The number of nitrogens with two attached hydrogens (primary N) is 1. The Morgan fingerprint density at radius 3 is 2.41 bits per heavy atom. The molecule has 0 aliphatic carbocycles. The standard InChI is InChI=1S/C8H11N5.H3NO2S/c1-6-10-7(5-12(6)2)8-4-9-11-13(8)3;1-4(2)3/h4-5H,1-3H3;1H2,(H,2,3)/p-1. The minimum absolute atomic E-state index is 0.910. The zero-order valence-corrected chi connectivity index (χ0v) is 10.5. The second kappa shape index (κ2) is 5.66. The van der Waals surface area contributed by atoms with Crippen LogP contribution in [0.1, 0.15) is 5.82 Å². The third-order valence-corrected chi connectivity index (χ3v) is 2.09. The van der Waals surface area contributed by atoms with Gasteiger partial charge in [0, 0.05) is 31.6 Å². The number of rotatable bonds is 1. The summed E-state index contributed by atoms with van der Waals surface area (Å²) in [4.78, 5) is 4.38. The quantitative estimate of drug-likeness (QED) is 0.676. The fraction of sp³-hybridized carbons (Fsp3) is 0.375. The van der Waals surface area contributed by atoms with Gasteiger partial charge in [-0.05, 0) is 6.92 Å². The molecule has 0 bridgehead atoms. The fourth-order valence-corrected chi connectivity index (χ4v) is 1.20. The Morgan fingerprint density at radius 2 is 2.06 bits per heavy atom. The first kappa shape index (κ1) is 13.5. The Labute approximate surface area is 101 Å². The molecule has 0 spiro atoms. The van der Waals surface area contributed by atoms with Gasteiger partial charge in [-0.1, -0.05) is 5.21 Å². The number of hydrogen-bond acceptors (Lipinski definition) is 5. The molecule has 0 aromatic carbocycles. The summed E-state index contributed by atoms with van der Waals surface area (Å²) in [5, 5.41) is 11.7. The molecule has 94 valence electrons. The van der Waals surface area contributed by atoms with Gasteiger partial charge in [-0.15, -0.1) is 5.10 Å². The molecule has 0 aliphatic rings. The predicted molar refractivity (Wildman–Crippen MR) is 61.0 cm³/mol. The van der Waals surface area contributed by atoms with Crippen LogP contribution in [0.4, 0.5) is 0 Å². The molecule has 0 aliphatic heterocycles. The van der Waals surface area contributed by atoms with Gasteiger partial charge in [-0.25, -0.2) is 9.67 Å². The van der Waals surface area contributed by atoms with Crippen LogP contribution in [0.3, 0.4) is 0 Å². The molecular weight excluding hydrogens is 244 g/mol. The third kappa shape index (κ3) is 3.73. The van der Waals surface area contributed by atoms with Crippen molar-refractivity contribution < 1.29 is 8.76 Å². The van der Waals surface area contributed by atoms with Crippen molar-refractivity contribution in [2.75, 3.05) is 0 Å². The van der Waals surface area contributed by atoms with Crippen molar-refractivity contribution in [3.05, 3.63) is 18.2 Å². The molecule has 2 heterocycles. The Balaban J connectivity index is 0.000000317. The first-order valence-electron chi connectivity index (χ1n) is 4.60. The second-order valence-corrected chi connectivity index (χ2v) is 3.81. The molecule has 2 aromatic rings. The van der Waals surface area contributed by atoms with E-state index in [0.29, 0.717) is 0 Å². The highest BCUT2D eigenvalue weighted by atomic mass is 32.2. The van der Waals surface area contributed by atoms with E-state index >= 15 is 0 Å². The van der Waals surface area contributed by atoms with Crippen LogP contribution in [0.5, 0.6) is 0 Å². The van der Waals surface area contributed by atoms with Crippen molar-refractivity contribution in [3.8, 4) is 11.4 Å². The highest BCUT2D eigenvalue weighted by Crippen LogP contribution is 2.14. The van der Waals surface area contributed by atoms with Crippen LogP contribution in [0, 0.1) is 6.92 Å². The summed E-state index contributed by atoms with van der Waals surface area (Å²) < 4.78 is 21.2. The summed E-state index contributed by atoms with van der Waals surface area (Å²) in [6, 6.07) is 0. The van der Waals surface area contributed by atoms with Gasteiger partial charge < -0.3 is 9.12 Å². The predicted octanol–water partition coefficient (Wildman–Crippen LogP) is -0.737. The van der Waals surface area contributed by atoms with E-state index in [1.165, 1.54) is 0 Å². The van der Waals surface area contributed by atoms with Gasteiger partial charge in [-0.3, -0.25) is 9.35 Å². The molecule has 0 radical (unpaired) electrons. The molecular formula is C8H13N6O2S-. The van der Waals surface area contributed by atoms with E-state index in [1.54, 1.807) is 10.9 Å². The lowest BCUT2D eigenvalue weighted by Gasteiger charge is -1.92. The molecule has 9 heteroatoms. The minimum atomic E-state index is -2.36. The lowest BCUT2D eigenvalue weighted by Crippen LogP contribution is -1.97. The van der Waals surface area contributed by atoms with Gasteiger partial charge in [0.1, 0.15) is 17.2 Å². The topological polar surface area (TPSA) is 115 Å². The fourth-order valence-electron chi connectivity index (χ4n) is 1.20. The smallest absolute Gasteiger partial charge is 0.108 e. The van der Waals surface area contributed by atoms with Crippen molar-refractivity contribution >= 4 is 11.3 Å². The van der Waals surface area contributed by atoms with Gasteiger partial charge in [0.05, 0.1) is 6.20 Å². The largest absolute Gasteiger partial charge is 0.760 e. The monoisotopic (exact) mass is 257 g/mol. The molecule has 1 atom stereocenters. The highest BCUT2D eigenvalue weighted by Gasteiger charge is 2.07. The van der Waals surface area contributed by atoms with Crippen LogP contribution in [-0.4, -0.2) is 33.3 Å². The van der Waals surface area contributed by atoms with Gasteiger partial charge >= 0.3 is 0 Å². The van der Waals surface area contributed by atoms with E-state index in [0.717, 1.165) is 17.2 Å². The van der Waals surface area contributed by atoms with E-state index in [2.05, 4.69) is 20.4 Å². The highest BCUT2D eigenvalue weighted by molar-refractivity contribution is 7.76. The maximum absolute atomic E-state index is 8.78. The number of nitrogens with zero attached hydrogens (tertiary/aromatic N) is 5. The Hall–Kier alpha value is -1.58. The average Bonchev–Trinajstić information content (AvgIpc) is 2.73. The van der Waals surface area contributed by atoms with Crippen LogP contribution < -0.4 is 5.14 Å². The van der Waals surface area contributed by atoms with Gasteiger partial charge in [0.2, 0.25) is 0 Å². The van der Waals surface area contributed by atoms with Crippen LogP contribution in [0.15, 0.2) is 12.4 Å². The van der Waals surface area contributed by atoms with Gasteiger partial charge in [-0.2, -0.15) is 0 Å². The lowest BCUT2D eigenvalue weighted by atomic mass is 10.4. The summed E-state index contributed by atoms with van der Waals surface area (Å²) in [5.41, 5.74) is 1.84. The maximum Gasteiger partial charge on any atom is 0.108 e. The summed E-state index contributed by atoms with van der Waals surface area (Å²) >= 11 is -2.36. The molecule has 1 unspecified atom stereocenters. The zero-order valence-electron chi connectivity index (χ0n) is 9.69. The van der Waals surface area contributed by atoms with Crippen LogP contribution in [0.25, 0.3) is 11.4 Å². The maximum atomic E-state index is 8.78. The van der Waals surface area contributed by atoms with Gasteiger partial charge in [0.15, 0.2) is 0 Å². The molecule has 2 rings (SSSR count). The van der Waals surface area contributed by atoms with Crippen molar-refractivity contribution in [1.29, 1.82) is 0 Å². The number of aryl methyl sites for hydroxylation is 3. The number of imidazole rings is 1. The van der Waals surface area contributed by atoms with E-state index in [1.807, 2.05) is 31.8 Å². The zero-order chi connectivity index (χ0) is 13.0. The van der Waals surface area contributed by atoms with Crippen LogP contribution in [0.2, 0.25) is 0 Å². The molecule has 8 nitrogen and oxygen atoms in total. The van der Waals surface area contributed by atoms with Crippen molar-refractivity contribution in [2.24, 2.45) is 19.2 Å². The Bertz CT molecular complexity index is 496. The molecule has 0 amide bonds. The Morgan fingerprint density at radius 1 is 1.47 bits per heavy atom. The summed E-state index contributed by atoms with van der Waals surface area (Å²) in [6.07, 6.45) is 3.68. The lowest BCUT2D eigenvalue weighted by molar-refractivity contribution is 0.539. The van der Waals surface area contributed by atoms with Gasteiger partial charge in [0.25, 0.3) is 0 Å². The molecule has 2 aromatic heterocycles. The molecule has 0 saturated carbocycles. The minimum Gasteiger partial charge on any atom is -0.760 e. The molecule has 0 saturated heterocycles. The molecule has 2 N–H and O–H groups in total. The third-order valence-electron chi connectivity index (χ3n) is 2.09. The number of aromatic nitrogens is 5. The second-order valence-electron chi connectivity index (χ2n) is 3.29.